The van der Waals surface area contributed by atoms with Gasteiger partial charge >= 0.3 is 6.16 Å². The van der Waals surface area contributed by atoms with Crippen molar-refractivity contribution >= 4 is 18.3 Å². The van der Waals surface area contributed by atoms with Crippen LogP contribution in [0.5, 0.6) is 0 Å². The number of carbonyl (C=O) groups is 1. The highest BCUT2D eigenvalue weighted by Crippen LogP contribution is 2.44. The number of nitrogens with two attached hydrogens (primary N) is 2. The molecule has 3 rings (SSSR count). The normalized spacial score (nSPS) is 28.4. The molecule has 45 heavy (non-hydrogen) atoms. The van der Waals surface area contributed by atoms with Gasteiger partial charge in [0.15, 0.2) is 0 Å². The van der Waals surface area contributed by atoms with Crippen molar-refractivity contribution in [3.8, 4) is 0 Å². The van der Waals surface area contributed by atoms with Gasteiger partial charge in [0.05, 0.1) is 26.3 Å². The van der Waals surface area contributed by atoms with Crippen LogP contribution in [-0.4, -0.2) is 80.6 Å². The van der Waals surface area contributed by atoms with Crippen molar-refractivity contribution < 1.29 is 34.1 Å². The molecule has 2 unspecified atom stereocenters. The third-order valence-corrected chi connectivity index (χ3v) is 9.14. The lowest BCUT2D eigenvalue weighted by Crippen LogP contribution is -2.45. The zero-order valence-electron chi connectivity index (χ0n) is 28.8. The number of methoxy groups -OCH3 is 2. The first kappa shape index (κ1) is 42.9. The average molecular weight is 641 g/mol. The molecule has 6 N–H and O–H groups in total. The van der Waals surface area contributed by atoms with Gasteiger partial charge in [-0.05, 0) is 119 Å². The quantitative estimate of drug-likeness (QED) is 0.102. The van der Waals surface area contributed by atoms with Gasteiger partial charge in [-0.25, -0.2) is 24.4 Å². The predicted molar refractivity (Wildman–Crippen MR) is 177 cm³/mol. The van der Waals surface area contributed by atoms with Gasteiger partial charge in [0.1, 0.15) is 0 Å². The van der Waals surface area contributed by atoms with Gasteiger partial charge in [-0.3, -0.25) is 0 Å². The van der Waals surface area contributed by atoms with Crippen LogP contribution in [0.3, 0.4) is 0 Å². The SMILES string of the molecule is CC1(C)CC(N)CC(C)(CN)C1.COC(=O)OC.O=C=NC1CCC(CC2CCC(N=C=O)CC2)CC1.OCCCCCCO. The van der Waals surface area contributed by atoms with Crippen LogP contribution in [-0.2, 0) is 19.1 Å². The van der Waals surface area contributed by atoms with Crippen LogP contribution in [0.1, 0.15) is 124 Å². The van der Waals surface area contributed by atoms with E-state index in [1.165, 1.54) is 52.7 Å². The third kappa shape index (κ3) is 21.3. The van der Waals surface area contributed by atoms with Gasteiger partial charge in [0, 0.05) is 19.3 Å². The van der Waals surface area contributed by atoms with Crippen molar-refractivity contribution in [3.63, 3.8) is 0 Å². The minimum Gasteiger partial charge on any atom is -0.438 e. The van der Waals surface area contributed by atoms with Crippen LogP contribution in [0.2, 0.25) is 0 Å². The maximum atomic E-state index is 10.2. The predicted octanol–water partition coefficient (Wildman–Crippen LogP) is 5.59. The van der Waals surface area contributed by atoms with Gasteiger partial charge < -0.3 is 31.2 Å². The molecule has 0 spiro atoms. The Bertz CT molecular complexity index is 813. The Balaban J connectivity index is 0.000000638. The Kier molecular flexibility index (Phi) is 23.8. The van der Waals surface area contributed by atoms with E-state index in [1.807, 2.05) is 0 Å². The summed E-state index contributed by atoms with van der Waals surface area (Å²) in [5.41, 5.74) is 12.4. The minimum atomic E-state index is -0.657. The third-order valence-electron chi connectivity index (χ3n) is 9.14. The van der Waals surface area contributed by atoms with E-state index in [9.17, 15) is 14.4 Å². The fourth-order valence-corrected chi connectivity index (χ4v) is 7.17. The zero-order chi connectivity index (χ0) is 34.1. The molecule has 3 saturated carbocycles. The summed E-state index contributed by atoms with van der Waals surface area (Å²) in [6.07, 6.45) is 20.3. The number of nitrogens with zero attached hydrogens (tertiary/aromatic N) is 2. The van der Waals surface area contributed by atoms with E-state index in [-0.39, 0.29) is 30.7 Å². The lowest BCUT2D eigenvalue weighted by molar-refractivity contribution is 0.0902. The van der Waals surface area contributed by atoms with E-state index >= 15 is 0 Å². The van der Waals surface area contributed by atoms with E-state index in [0.717, 1.165) is 82.6 Å². The molecule has 0 aromatic heterocycles. The Morgan fingerprint density at radius 3 is 1.49 bits per heavy atom. The molecule has 3 aliphatic carbocycles. The first-order valence-electron chi connectivity index (χ1n) is 16.8. The average Bonchev–Trinajstić information content (AvgIpc) is 3.01. The number of aliphatic hydroxyl groups excluding tert-OH is 2. The second-order valence-electron chi connectivity index (χ2n) is 14.1. The molecule has 0 amide bonds. The van der Waals surface area contributed by atoms with Crippen LogP contribution in [0.25, 0.3) is 0 Å². The van der Waals surface area contributed by atoms with Crippen molar-refractivity contribution in [1.82, 2.24) is 0 Å². The number of isocyanates is 2. The van der Waals surface area contributed by atoms with Gasteiger partial charge in [0.2, 0.25) is 12.2 Å². The maximum absolute atomic E-state index is 10.2. The topological polar surface area (TPSA) is 187 Å². The molecule has 11 nitrogen and oxygen atoms in total. The maximum Gasteiger partial charge on any atom is 0.507 e. The second kappa shape index (κ2) is 25.0. The van der Waals surface area contributed by atoms with E-state index in [1.54, 1.807) is 12.2 Å². The number of hydrogen-bond acceptors (Lipinski definition) is 11. The van der Waals surface area contributed by atoms with Gasteiger partial charge in [-0.15, -0.1) is 0 Å². The molecular weight excluding hydrogens is 576 g/mol. The van der Waals surface area contributed by atoms with Crippen LogP contribution in [0.4, 0.5) is 4.79 Å². The number of aliphatic hydroxyl groups is 2. The Morgan fingerprint density at radius 1 is 0.778 bits per heavy atom. The summed E-state index contributed by atoms with van der Waals surface area (Å²) in [6.45, 7) is 8.18. The van der Waals surface area contributed by atoms with Crippen LogP contribution in [0.15, 0.2) is 9.98 Å². The molecule has 11 heteroatoms. The van der Waals surface area contributed by atoms with E-state index < -0.39 is 6.16 Å². The fourth-order valence-electron chi connectivity index (χ4n) is 7.17. The summed E-state index contributed by atoms with van der Waals surface area (Å²) >= 11 is 0. The molecule has 3 aliphatic rings. The number of hydrogen-bond donors (Lipinski definition) is 4. The highest BCUT2D eigenvalue weighted by molar-refractivity contribution is 5.59. The Morgan fingerprint density at radius 2 is 1.20 bits per heavy atom. The number of ether oxygens (including phenoxy) is 2. The van der Waals surface area contributed by atoms with Crippen molar-refractivity contribution in [1.29, 1.82) is 0 Å². The number of rotatable bonds is 10. The molecule has 3 fully saturated rings. The van der Waals surface area contributed by atoms with Crippen molar-refractivity contribution in [2.24, 2.45) is 44.1 Å². The molecule has 262 valence electrons. The lowest BCUT2D eigenvalue weighted by atomic mass is 9.63. The summed E-state index contributed by atoms with van der Waals surface area (Å²) in [5, 5.41) is 16.6. The molecule has 0 bridgehead atoms. The molecule has 0 radical (unpaired) electrons. The van der Waals surface area contributed by atoms with Crippen molar-refractivity contribution in [2.75, 3.05) is 34.0 Å². The second-order valence-corrected chi connectivity index (χ2v) is 14.1. The Hall–Kier alpha value is -2.13. The van der Waals surface area contributed by atoms with Gasteiger partial charge in [0.25, 0.3) is 0 Å². The van der Waals surface area contributed by atoms with Crippen molar-refractivity contribution in [2.45, 2.75) is 142 Å². The zero-order valence-corrected chi connectivity index (χ0v) is 28.8. The van der Waals surface area contributed by atoms with Crippen LogP contribution >= 0.6 is 0 Å². The molecular formula is C34H64N4O7. The smallest absolute Gasteiger partial charge is 0.438 e. The highest BCUT2D eigenvalue weighted by atomic mass is 16.7. The Labute approximate surface area is 272 Å². The van der Waals surface area contributed by atoms with Gasteiger partial charge in [-0.2, -0.15) is 0 Å². The summed E-state index contributed by atoms with van der Waals surface area (Å²) in [5.74, 6) is 1.60. The van der Waals surface area contributed by atoms with Crippen LogP contribution < -0.4 is 11.5 Å². The molecule has 0 saturated heterocycles. The standard InChI is InChI=1S/C15H22N2O2.C10H22N2.C6H14O2.C3H6O3/c18-10-16-14-5-1-12(2-6-14)9-13-3-7-15(8-4-13)17-11-19;1-9(2)4-8(12)5-10(3,6-9)7-11;7-5-3-1-2-4-6-8;1-5-3(4)6-2/h12-15H,1-9H2;8H,4-7,11-12H2,1-3H3;7-8H,1-6H2;1-2H3. The lowest BCUT2D eigenvalue weighted by Gasteiger charge is -2.45. The van der Waals surface area contributed by atoms with Crippen LogP contribution in [0, 0.1) is 22.7 Å². The molecule has 0 heterocycles. The largest absolute Gasteiger partial charge is 0.507 e. The number of aliphatic imine (C=N–C) groups is 2. The summed E-state index contributed by atoms with van der Waals surface area (Å²) in [7, 11) is 2.51. The summed E-state index contributed by atoms with van der Waals surface area (Å²) in [4.78, 5) is 37.9. The van der Waals surface area contributed by atoms with Crippen molar-refractivity contribution in [3.05, 3.63) is 0 Å². The molecule has 0 aromatic rings. The fraction of sp³-hybridized carbons (Fsp3) is 0.912. The molecule has 0 aromatic carbocycles. The first-order valence-corrected chi connectivity index (χ1v) is 16.8. The first-order chi connectivity index (χ1) is 21.4. The van der Waals surface area contributed by atoms with E-state index in [4.69, 9.17) is 21.7 Å². The molecule has 0 aliphatic heterocycles. The van der Waals surface area contributed by atoms with E-state index in [0.29, 0.717) is 11.5 Å². The monoisotopic (exact) mass is 640 g/mol. The number of carbonyl (C=O) groups excluding carboxylic acids is 3. The summed E-state index contributed by atoms with van der Waals surface area (Å²) in [6, 6.07) is 0.806. The molecule has 2 atom stereocenters. The van der Waals surface area contributed by atoms with Gasteiger partial charge in [-0.1, -0.05) is 33.6 Å². The number of unbranched alkanes of at least 4 members (excludes halogenated alkanes) is 3. The summed E-state index contributed by atoms with van der Waals surface area (Å²) < 4.78 is 8.08. The highest BCUT2D eigenvalue weighted by Gasteiger charge is 2.39. The minimum absolute atomic E-state index is 0.228. The van der Waals surface area contributed by atoms with E-state index in [2.05, 4.69) is 40.2 Å².